The van der Waals surface area contributed by atoms with Gasteiger partial charge in [-0.1, -0.05) is 20.8 Å². The number of rotatable bonds is 6. The Kier molecular flexibility index (Phi) is 4.87. The second-order valence-electron chi connectivity index (χ2n) is 3.79. The Bertz CT molecular complexity index is 405. The molecule has 0 saturated carbocycles. The highest BCUT2D eigenvalue weighted by Gasteiger charge is 2.19. The Balaban J connectivity index is 3.26. The summed E-state index contributed by atoms with van der Waals surface area (Å²) in [5.41, 5.74) is 1.83. The van der Waals surface area contributed by atoms with Gasteiger partial charge in [-0.25, -0.2) is 4.79 Å². The fraction of sp³-hybridized carbons (Fsp3) is 0.583. The number of carboxylic acids is 1. The minimum atomic E-state index is -0.940. The number of hydrogen-bond acceptors (Lipinski definition) is 4. The van der Waals surface area contributed by atoms with Gasteiger partial charge < -0.3 is 10.4 Å². The molecule has 0 unspecified atom stereocenters. The highest BCUT2D eigenvalue weighted by molar-refractivity contribution is 5.95. The van der Waals surface area contributed by atoms with E-state index in [1.54, 1.807) is 0 Å². The lowest BCUT2D eigenvalue weighted by Crippen LogP contribution is -2.15. The van der Waals surface area contributed by atoms with Gasteiger partial charge in [0, 0.05) is 6.54 Å². The van der Waals surface area contributed by atoms with Crippen LogP contribution in [0.25, 0.3) is 0 Å². The molecule has 2 N–H and O–H groups in total. The molecule has 0 spiro atoms. The smallest absolute Gasteiger partial charge is 0.339 e. The van der Waals surface area contributed by atoms with Crippen molar-refractivity contribution in [3.05, 3.63) is 16.8 Å². The number of hydrogen-bond donors (Lipinski definition) is 2. The summed E-state index contributed by atoms with van der Waals surface area (Å²) in [6.07, 6.45) is 2.27. The largest absolute Gasteiger partial charge is 0.478 e. The molecule has 0 radical (unpaired) electrons. The van der Waals surface area contributed by atoms with E-state index in [0.29, 0.717) is 25.2 Å². The van der Waals surface area contributed by atoms with Crippen molar-refractivity contribution in [2.45, 2.75) is 40.0 Å². The summed E-state index contributed by atoms with van der Waals surface area (Å²) in [6.45, 7) is 6.60. The quantitative estimate of drug-likeness (QED) is 0.792. The Morgan fingerprint density at radius 3 is 2.41 bits per heavy atom. The van der Waals surface area contributed by atoms with Gasteiger partial charge in [-0.15, -0.1) is 5.10 Å². The van der Waals surface area contributed by atoms with Gasteiger partial charge in [-0.3, -0.25) is 0 Å². The van der Waals surface area contributed by atoms with E-state index in [4.69, 9.17) is 0 Å². The van der Waals surface area contributed by atoms with E-state index >= 15 is 0 Å². The third kappa shape index (κ3) is 2.93. The van der Waals surface area contributed by atoms with Crippen LogP contribution in [0.1, 0.15) is 48.8 Å². The summed E-state index contributed by atoms with van der Waals surface area (Å²) < 4.78 is 0. The number of aryl methyl sites for hydroxylation is 1. The summed E-state index contributed by atoms with van der Waals surface area (Å²) in [5, 5.41) is 20.4. The molecule has 1 aromatic heterocycles. The number of carboxylic acid groups (broad SMARTS) is 1. The predicted molar refractivity (Wildman–Crippen MR) is 66.5 cm³/mol. The van der Waals surface area contributed by atoms with Gasteiger partial charge in [0.15, 0.2) is 5.82 Å². The molecule has 0 aliphatic carbocycles. The topological polar surface area (TPSA) is 75.1 Å². The van der Waals surface area contributed by atoms with Gasteiger partial charge in [-0.2, -0.15) is 5.10 Å². The van der Waals surface area contributed by atoms with Crippen molar-refractivity contribution in [3.8, 4) is 0 Å². The normalized spacial score (nSPS) is 10.3. The van der Waals surface area contributed by atoms with Gasteiger partial charge in [0.2, 0.25) is 0 Å². The maximum Gasteiger partial charge on any atom is 0.339 e. The monoisotopic (exact) mass is 237 g/mol. The molecule has 0 amide bonds. The fourth-order valence-corrected chi connectivity index (χ4v) is 1.77. The zero-order valence-electron chi connectivity index (χ0n) is 10.6. The minimum absolute atomic E-state index is 0.271. The van der Waals surface area contributed by atoms with E-state index in [1.807, 2.05) is 20.8 Å². The molecule has 5 nitrogen and oxygen atoms in total. The summed E-state index contributed by atoms with van der Waals surface area (Å²) in [5.74, 6) is -0.557. The molecule has 0 aromatic carbocycles. The first-order valence-electron chi connectivity index (χ1n) is 6.01. The third-order valence-electron chi connectivity index (χ3n) is 2.60. The molecule has 0 bridgehead atoms. The van der Waals surface area contributed by atoms with Crippen LogP contribution < -0.4 is 5.32 Å². The second-order valence-corrected chi connectivity index (χ2v) is 3.79. The predicted octanol–water partition coefficient (Wildman–Crippen LogP) is 2.12. The van der Waals surface area contributed by atoms with Crippen molar-refractivity contribution >= 4 is 11.8 Å². The second kappa shape index (κ2) is 6.18. The van der Waals surface area contributed by atoms with Gasteiger partial charge in [-0.05, 0) is 24.8 Å². The molecule has 1 heterocycles. The minimum Gasteiger partial charge on any atom is -0.478 e. The maximum atomic E-state index is 11.3. The van der Waals surface area contributed by atoms with Crippen molar-refractivity contribution < 1.29 is 9.90 Å². The Morgan fingerprint density at radius 2 is 1.94 bits per heavy atom. The van der Waals surface area contributed by atoms with Crippen LogP contribution >= 0.6 is 0 Å². The van der Waals surface area contributed by atoms with Crippen LogP contribution in [0.4, 0.5) is 5.82 Å². The van der Waals surface area contributed by atoms with Crippen LogP contribution in [-0.2, 0) is 12.8 Å². The van der Waals surface area contributed by atoms with Crippen LogP contribution in [0.15, 0.2) is 0 Å². The van der Waals surface area contributed by atoms with Gasteiger partial charge >= 0.3 is 5.97 Å². The van der Waals surface area contributed by atoms with Crippen molar-refractivity contribution in [1.82, 2.24) is 10.2 Å². The van der Waals surface area contributed by atoms with Crippen molar-refractivity contribution in [3.63, 3.8) is 0 Å². The zero-order chi connectivity index (χ0) is 12.8. The first-order valence-corrected chi connectivity index (χ1v) is 6.01. The number of nitrogens with zero attached hydrogens (tertiary/aromatic N) is 2. The summed E-state index contributed by atoms with van der Waals surface area (Å²) in [4.78, 5) is 11.3. The van der Waals surface area contributed by atoms with E-state index in [9.17, 15) is 9.90 Å². The van der Waals surface area contributed by atoms with Gasteiger partial charge in [0.1, 0.15) is 5.56 Å². The van der Waals surface area contributed by atoms with Crippen molar-refractivity contribution in [1.29, 1.82) is 0 Å². The number of aromatic carboxylic acids is 1. The van der Waals surface area contributed by atoms with E-state index in [1.165, 1.54) is 0 Å². The van der Waals surface area contributed by atoms with E-state index in [-0.39, 0.29) is 5.56 Å². The molecular weight excluding hydrogens is 218 g/mol. The standard InChI is InChI=1S/C12H19N3O2/c1-4-7-13-11-10(12(16)17)8(5-2)9(6-3)14-15-11/h4-7H2,1-3H3,(H,13,15)(H,16,17). The lowest BCUT2D eigenvalue weighted by Gasteiger charge is -2.13. The summed E-state index contributed by atoms with van der Waals surface area (Å²) in [7, 11) is 0. The first kappa shape index (κ1) is 13.4. The lowest BCUT2D eigenvalue weighted by molar-refractivity contribution is 0.0696. The molecule has 1 aromatic rings. The fourth-order valence-electron chi connectivity index (χ4n) is 1.77. The summed E-state index contributed by atoms with van der Waals surface area (Å²) >= 11 is 0. The molecule has 0 fully saturated rings. The summed E-state index contributed by atoms with van der Waals surface area (Å²) in [6, 6.07) is 0. The molecule has 0 aliphatic heterocycles. The molecule has 0 atom stereocenters. The molecule has 94 valence electrons. The van der Waals surface area contributed by atoms with Gasteiger partial charge in [0.25, 0.3) is 0 Å². The first-order chi connectivity index (χ1) is 8.15. The van der Waals surface area contributed by atoms with Crippen LogP contribution in [0.5, 0.6) is 0 Å². The zero-order valence-corrected chi connectivity index (χ0v) is 10.6. The van der Waals surface area contributed by atoms with Crippen molar-refractivity contribution in [2.24, 2.45) is 0 Å². The molecule has 1 rings (SSSR count). The molecule has 0 saturated heterocycles. The SMILES string of the molecule is CCCNc1nnc(CC)c(CC)c1C(=O)O. The third-order valence-corrected chi connectivity index (χ3v) is 2.60. The Hall–Kier alpha value is -1.65. The molecule has 0 aliphatic rings. The Labute approximate surface area is 101 Å². The van der Waals surface area contributed by atoms with Crippen LogP contribution in [0.2, 0.25) is 0 Å². The van der Waals surface area contributed by atoms with E-state index in [0.717, 1.165) is 17.7 Å². The van der Waals surface area contributed by atoms with Crippen LogP contribution in [0.3, 0.4) is 0 Å². The average molecular weight is 237 g/mol. The number of carbonyl (C=O) groups is 1. The van der Waals surface area contributed by atoms with Crippen LogP contribution in [-0.4, -0.2) is 27.8 Å². The lowest BCUT2D eigenvalue weighted by atomic mass is 10.0. The van der Waals surface area contributed by atoms with E-state index in [2.05, 4.69) is 15.5 Å². The van der Waals surface area contributed by atoms with Crippen LogP contribution in [0, 0.1) is 0 Å². The van der Waals surface area contributed by atoms with Gasteiger partial charge in [0.05, 0.1) is 5.69 Å². The Morgan fingerprint density at radius 1 is 1.24 bits per heavy atom. The molecule has 5 heteroatoms. The maximum absolute atomic E-state index is 11.3. The highest BCUT2D eigenvalue weighted by Crippen LogP contribution is 2.20. The highest BCUT2D eigenvalue weighted by atomic mass is 16.4. The molecular formula is C12H19N3O2. The molecule has 17 heavy (non-hydrogen) atoms. The van der Waals surface area contributed by atoms with E-state index < -0.39 is 5.97 Å². The van der Waals surface area contributed by atoms with Crippen molar-refractivity contribution in [2.75, 3.05) is 11.9 Å². The number of aromatic nitrogens is 2. The average Bonchev–Trinajstić information content (AvgIpc) is 2.34. The number of anilines is 1. The number of nitrogens with one attached hydrogen (secondary N) is 1.